The largest absolute Gasteiger partial charge is 0.495 e. The fraction of sp³-hybridized carbons (Fsp3) is 0.167. The van der Waals surface area contributed by atoms with Gasteiger partial charge in [0, 0.05) is 5.69 Å². The number of halogens is 1. The van der Waals surface area contributed by atoms with Crippen molar-refractivity contribution in [3.8, 4) is 11.6 Å². The molecule has 0 saturated heterocycles. The van der Waals surface area contributed by atoms with E-state index in [4.69, 9.17) is 26.8 Å². The minimum absolute atomic E-state index is 0.317. The SMILES string of the molecule is COc1ccc(Nc2ncnc(OC)c2N)cc1Cl. The number of anilines is 3. The lowest BCUT2D eigenvalue weighted by Gasteiger charge is -2.11. The molecule has 2 aromatic rings. The van der Waals surface area contributed by atoms with E-state index in [1.807, 2.05) is 0 Å². The molecule has 0 amide bonds. The molecule has 0 atom stereocenters. The highest BCUT2D eigenvalue weighted by molar-refractivity contribution is 6.32. The molecule has 1 heterocycles. The van der Waals surface area contributed by atoms with Gasteiger partial charge in [-0.1, -0.05) is 11.6 Å². The van der Waals surface area contributed by atoms with Gasteiger partial charge in [0.15, 0.2) is 5.82 Å². The Labute approximate surface area is 115 Å². The third-order valence-electron chi connectivity index (χ3n) is 2.46. The second-order valence-corrected chi connectivity index (χ2v) is 4.03. The number of nitrogens with zero attached hydrogens (tertiary/aromatic N) is 2. The van der Waals surface area contributed by atoms with Gasteiger partial charge < -0.3 is 20.5 Å². The molecule has 100 valence electrons. The first-order valence-corrected chi connectivity index (χ1v) is 5.78. The van der Waals surface area contributed by atoms with E-state index in [0.29, 0.717) is 28.2 Å². The van der Waals surface area contributed by atoms with Crippen molar-refractivity contribution in [2.45, 2.75) is 0 Å². The third-order valence-corrected chi connectivity index (χ3v) is 2.75. The van der Waals surface area contributed by atoms with Crippen LogP contribution < -0.4 is 20.5 Å². The summed E-state index contributed by atoms with van der Waals surface area (Å²) in [5.74, 6) is 1.37. The number of hydrogen-bond donors (Lipinski definition) is 2. The van der Waals surface area contributed by atoms with Crippen molar-refractivity contribution in [1.82, 2.24) is 9.97 Å². The van der Waals surface area contributed by atoms with Crippen molar-refractivity contribution in [3.63, 3.8) is 0 Å². The van der Waals surface area contributed by atoms with Gasteiger partial charge in [0.1, 0.15) is 17.8 Å². The predicted octanol–water partition coefficient (Wildman–Crippen LogP) is 2.47. The molecule has 1 aromatic heterocycles. The number of hydrogen-bond acceptors (Lipinski definition) is 6. The highest BCUT2D eigenvalue weighted by Gasteiger charge is 2.09. The second-order valence-electron chi connectivity index (χ2n) is 3.62. The Balaban J connectivity index is 2.29. The molecule has 0 aliphatic carbocycles. The first-order chi connectivity index (χ1) is 9.15. The normalized spacial score (nSPS) is 10.1. The molecule has 3 N–H and O–H groups in total. The summed E-state index contributed by atoms with van der Waals surface area (Å²) in [7, 11) is 3.05. The Morgan fingerprint density at radius 3 is 2.63 bits per heavy atom. The molecule has 7 heteroatoms. The van der Waals surface area contributed by atoms with Gasteiger partial charge >= 0.3 is 0 Å². The predicted molar refractivity (Wildman–Crippen MR) is 74.3 cm³/mol. The molecule has 2 rings (SSSR count). The average Bonchev–Trinajstić information content (AvgIpc) is 2.41. The lowest BCUT2D eigenvalue weighted by Crippen LogP contribution is -2.03. The van der Waals surface area contributed by atoms with E-state index in [0.717, 1.165) is 5.69 Å². The molecule has 0 aliphatic heterocycles. The van der Waals surface area contributed by atoms with E-state index in [1.165, 1.54) is 13.4 Å². The fourth-order valence-electron chi connectivity index (χ4n) is 1.52. The lowest BCUT2D eigenvalue weighted by molar-refractivity contribution is 0.399. The van der Waals surface area contributed by atoms with Crippen LogP contribution >= 0.6 is 11.6 Å². The van der Waals surface area contributed by atoms with Crippen molar-refractivity contribution < 1.29 is 9.47 Å². The van der Waals surface area contributed by atoms with Crippen molar-refractivity contribution in [2.75, 3.05) is 25.3 Å². The maximum Gasteiger partial charge on any atom is 0.242 e. The highest BCUT2D eigenvalue weighted by atomic mass is 35.5. The third kappa shape index (κ3) is 2.79. The molecule has 6 nitrogen and oxygen atoms in total. The van der Waals surface area contributed by atoms with Crippen LogP contribution in [0.1, 0.15) is 0 Å². The van der Waals surface area contributed by atoms with Crippen LogP contribution in [0, 0.1) is 0 Å². The first kappa shape index (κ1) is 13.2. The zero-order chi connectivity index (χ0) is 13.8. The van der Waals surface area contributed by atoms with Gasteiger partial charge in [-0.25, -0.2) is 4.98 Å². The monoisotopic (exact) mass is 280 g/mol. The number of methoxy groups -OCH3 is 2. The van der Waals surface area contributed by atoms with Crippen LogP contribution in [0.3, 0.4) is 0 Å². The summed E-state index contributed by atoms with van der Waals surface area (Å²) in [6.07, 6.45) is 1.36. The van der Waals surface area contributed by atoms with Crippen LogP contribution in [-0.4, -0.2) is 24.2 Å². The second kappa shape index (κ2) is 5.62. The number of nitrogens with one attached hydrogen (secondary N) is 1. The number of nitrogen functional groups attached to an aromatic ring is 1. The van der Waals surface area contributed by atoms with E-state index >= 15 is 0 Å². The highest BCUT2D eigenvalue weighted by Crippen LogP contribution is 2.31. The Morgan fingerprint density at radius 2 is 2.00 bits per heavy atom. The Morgan fingerprint density at radius 1 is 1.21 bits per heavy atom. The number of benzene rings is 1. The molecule has 0 bridgehead atoms. The molecule has 1 aromatic carbocycles. The molecule has 0 saturated carbocycles. The van der Waals surface area contributed by atoms with Gasteiger partial charge in [0.05, 0.1) is 19.2 Å². The van der Waals surface area contributed by atoms with Crippen LogP contribution in [0.2, 0.25) is 5.02 Å². The van der Waals surface area contributed by atoms with E-state index in [-0.39, 0.29) is 0 Å². The zero-order valence-corrected chi connectivity index (χ0v) is 11.2. The number of ether oxygens (including phenoxy) is 2. The van der Waals surface area contributed by atoms with Gasteiger partial charge in [-0.2, -0.15) is 4.98 Å². The zero-order valence-electron chi connectivity index (χ0n) is 10.5. The van der Waals surface area contributed by atoms with E-state index in [2.05, 4.69) is 15.3 Å². The summed E-state index contributed by atoms with van der Waals surface area (Å²) >= 11 is 6.04. The summed E-state index contributed by atoms with van der Waals surface area (Å²) < 4.78 is 10.1. The van der Waals surface area contributed by atoms with Gasteiger partial charge in [-0.05, 0) is 18.2 Å². The number of aromatic nitrogens is 2. The minimum atomic E-state index is 0.317. The topological polar surface area (TPSA) is 82.3 Å². The summed E-state index contributed by atoms with van der Waals surface area (Å²) in [6.45, 7) is 0. The maximum atomic E-state index is 6.04. The van der Waals surface area contributed by atoms with Crippen molar-refractivity contribution in [2.24, 2.45) is 0 Å². The van der Waals surface area contributed by atoms with E-state index in [1.54, 1.807) is 25.3 Å². The summed E-state index contributed by atoms with van der Waals surface area (Å²) in [6, 6.07) is 5.27. The Bertz CT molecular complexity index is 592. The van der Waals surface area contributed by atoms with Crippen LogP contribution in [-0.2, 0) is 0 Å². The minimum Gasteiger partial charge on any atom is -0.495 e. The smallest absolute Gasteiger partial charge is 0.242 e. The van der Waals surface area contributed by atoms with Crippen molar-refractivity contribution in [1.29, 1.82) is 0 Å². The summed E-state index contributed by atoms with van der Waals surface area (Å²) in [5, 5.41) is 3.54. The number of nitrogens with two attached hydrogens (primary N) is 1. The molecule has 0 unspecified atom stereocenters. The molecule has 0 spiro atoms. The molecule has 19 heavy (non-hydrogen) atoms. The molecular formula is C12H13ClN4O2. The Kier molecular flexibility index (Phi) is 3.91. The van der Waals surface area contributed by atoms with E-state index in [9.17, 15) is 0 Å². The van der Waals surface area contributed by atoms with E-state index < -0.39 is 0 Å². The van der Waals surface area contributed by atoms with Crippen molar-refractivity contribution >= 4 is 28.8 Å². The molecule has 0 radical (unpaired) electrons. The van der Waals surface area contributed by atoms with Crippen LogP contribution in [0.25, 0.3) is 0 Å². The standard InChI is InChI=1S/C12H13ClN4O2/c1-18-9-4-3-7(5-8(9)13)17-11-10(14)12(19-2)16-6-15-11/h3-6H,14H2,1-2H3,(H,15,16,17). The lowest BCUT2D eigenvalue weighted by atomic mass is 10.3. The quantitative estimate of drug-likeness (QED) is 0.895. The fourth-order valence-corrected chi connectivity index (χ4v) is 1.78. The summed E-state index contributed by atoms with van der Waals surface area (Å²) in [5.41, 5.74) is 6.93. The van der Waals surface area contributed by atoms with Crippen LogP contribution in [0.5, 0.6) is 11.6 Å². The van der Waals surface area contributed by atoms with Gasteiger partial charge in [-0.3, -0.25) is 0 Å². The number of rotatable bonds is 4. The first-order valence-electron chi connectivity index (χ1n) is 5.40. The molecule has 0 aliphatic rings. The van der Waals surface area contributed by atoms with Gasteiger partial charge in [0.25, 0.3) is 0 Å². The average molecular weight is 281 g/mol. The van der Waals surface area contributed by atoms with Crippen LogP contribution in [0.4, 0.5) is 17.2 Å². The molecular weight excluding hydrogens is 268 g/mol. The van der Waals surface area contributed by atoms with Gasteiger partial charge in [-0.15, -0.1) is 0 Å². The van der Waals surface area contributed by atoms with Crippen LogP contribution in [0.15, 0.2) is 24.5 Å². The Hall–Kier alpha value is -2.21. The van der Waals surface area contributed by atoms with Gasteiger partial charge in [0.2, 0.25) is 5.88 Å². The molecule has 0 fully saturated rings. The maximum absolute atomic E-state index is 6.04. The van der Waals surface area contributed by atoms with Crippen molar-refractivity contribution in [3.05, 3.63) is 29.5 Å². The summed E-state index contributed by atoms with van der Waals surface area (Å²) in [4.78, 5) is 7.95.